The fourth-order valence-electron chi connectivity index (χ4n) is 4.42. The summed E-state index contributed by atoms with van der Waals surface area (Å²) in [6, 6.07) is 3.55. The Hall–Kier alpha value is -1.95. The third-order valence-electron chi connectivity index (χ3n) is 6.05. The molecule has 0 spiro atoms. The summed E-state index contributed by atoms with van der Waals surface area (Å²) in [7, 11) is 0. The van der Waals surface area contributed by atoms with Gasteiger partial charge in [-0.3, -0.25) is 9.59 Å². The van der Waals surface area contributed by atoms with Crippen LogP contribution in [0.25, 0.3) is 11.3 Å². The molecule has 1 N–H and O–H groups in total. The van der Waals surface area contributed by atoms with Gasteiger partial charge < -0.3 is 9.88 Å². The molecule has 2 aliphatic rings. The fourth-order valence-corrected chi connectivity index (χ4v) is 5.06. The van der Waals surface area contributed by atoms with Crippen LogP contribution in [-0.4, -0.2) is 33.9 Å². The molecule has 4 rings (SSSR count). The fraction of sp³-hybridized carbons (Fsp3) is 0.571. The van der Waals surface area contributed by atoms with Crippen molar-refractivity contribution < 1.29 is 4.79 Å². The van der Waals surface area contributed by atoms with Gasteiger partial charge in [-0.15, -0.1) is 0 Å². The average Bonchev–Trinajstić information content (AvgIpc) is 3.39. The molecule has 1 saturated heterocycles. The van der Waals surface area contributed by atoms with E-state index in [9.17, 15) is 9.59 Å². The molecular formula is C21H27N3O2S. The van der Waals surface area contributed by atoms with Gasteiger partial charge in [-0.05, 0) is 36.6 Å². The van der Waals surface area contributed by atoms with E-state index in [-0.39, 0.29) is 11.5 Å². The molecule has 0 radical (unpaired) electrons. The number of carbonyl (C=O) groups excluding carboxylic acids is 1. The highest BCUT2D eigenvalue weighted by atomic mass is 32.1. The molecule has 144 valence electrons. The first-order valence-electron chi connectivity index (χ1n) is 10.1. The molecule has 1 amide bonds. The van der Waals surface area contributed by atoms with Crippen molar-refractivity contribution in [3.8, 4) is 11.3 Å². The molecule has 1 aliphatic heterocycles. The number of rotatable bonds is 5. The molecule has 2 aromatic rings. The number of nitrogens with one attached hydrogen (secondary N) is 1. The molecule has 0 bridgehead atoms. The first-order chi connectivity index (χ1) is 13.2. The van der Waals surface area contributed by atoms with Crippen molar-refractivity contribution in [1.82, 2.24) is 14.9 Å². The Balaban J connectivity index is 1.35. The summed E-state index contributed by atoms with van der Waals surface area (Å²) < 4.78 is 0. The molecule has 0 unspecified atom stereocenters. The molecule has 0 atom stereocenters. The van der Waals surface area contributed by atoms with Crippen LogP contribution in [0, 0.1) is 5.92 Å². The van der Waals surface area contributed by atoms with Crippen molar-refractivity contribution in [3.63, 3.8) is 0 Å². The maximum Gasteiger partial charge on any atom is 0.251 e. The van der Waals surface area contributed by atoms with E-state index in [0.29, 0.717) is 12.3 Å². The van der Waals surface area contributed by atoms with E-state index in [1.165, 1.54) is 25.7 Å². The topological polar surface area (TPSA) is 66.1 Å². The summed E-state index contributed by atoms with van der Waals surface area (Å²) >= 11 is 1.60. The Morgan fingerprint density at radius 3 is 2.70 bits per heavy atom. The number of amides is 1. The van der Waals surface area contributed by atoms with Gasteiger partial charge in [0.1, 0.15) is 5.82 Å². The lowest BCUT2D eigenvalue weighted by atomic mass is 9.95. The predicted molar refractivity (Wildman–Crippen MR) is 108 cm³/mol. The summed E-state index contributed by atoms with van der Waals surface area (Å²) in [5, 5.41) is 4.00. The summed E-state index contributed by atoms with van der Waals surface area (Å²) in [5.74, 6) is 2.05. The zero-order valence-corrected chi connectivity index (χ0v) is 16.5. The number of aromatic amines is 1. The Kier molecular flexibility index (Phi) is 5.72. The van der Waals surface area contributed by atoms with Gasteiger partial charge in [-0.2, -0.15) is 11.3 Å². The molecule has 5 nitrogen and oxygen atoms in total. The number of hydrogen-bond donors (Lipinski definition) is 1. The molecule has 2 aromatic heterocycles. The minimum absolute atomic E-state index is 0.101. The molecule has 1 saturated carbocycles. The average molecular weight is 386 g/mol. The monoisotopic (exact) mass is 385 g/mol. The Morgan fingerprint density at radius 2 is 2.00 bits per heavy atom. The Bertz CT molecular complexity index is 816. The lowest BCUT2D eigenvalue weighted by molar-refractivity contribution is -0.132. The number of H-pyrrole nitrogens is 1. The molecular weight excluding hydrogens is 358 g/mol. The van der Waals surface area contributed by atoms with Gasteiger partial charge in [0.25, 0.3) is 5.56 Å². The van der Waals surface area contributed by atoms with Crippen LogP contribution in [0.2, 0.25) is 0 Å². The molecule has 6 heteroatoms. The Morgan fingerprint density at radius 1 is 1.22 bits per heavy atom. The van der Waals surface area contributed by atoms with E-state index in [2.05, 4.69) is 4.98 Å². The predicted octanol–water partition coefficient (Wildman–Crippen LogP) is 4.17. The van der Waals surface area contributed by atoms with Gasteiger partial charge in [0, 0.05) is 42.4 Å². The highest BCUT2D eigenvalue weighted by Gasteiger charge is 2.26. The van der Waals surface area contributed by atoms with Crippen LogP contribution in [0.5, 0.6) is 0 Å². The number of carbonyl (C=O) groups is 1. The first kappa shape index (κ1) is 18.4. The van der Waals surface area contributed by atoms with E-state index >= 15 is 0 Å². The van der Waals surface area contributed by atoms with E-state index in [1.54, 1.807) is 17.4 Å². The van der Waals surface area contributed by atoms with Crippen molar-refractivity contribution in [2.24, 2.45) is 5.92 Å². The van der Waals surface area contributed by atoms with Crippen molar-refractivity contribution in [2.75, 3.05) is 13.1 Å². The van der Waals surface area contributed by atoms with E-state index in [0.717, 1.165) is 55.4 Å². The van der Waals surface area contributed by atoms with Crippen LogP contribution in [-0.2, 0) is 4.79 Å². The second-order valence-corrected chi connectivity index (χ2v) is 8.65. The Labute approximate surface area is 163 Å². The lowest BCUT2D eigenvalue weighted by Gasteiger charge is -2.32. The lowest BCUT2D eigenvalue weighted by Crippen LogP contribution is -2.38. The van der Waals surface area contributed by atoms with Gasteiger partial charge in [0.15, 0.2) is 0 Å². The van der Waals surface area contributed by atoms with Gasteiger partial charge in [0.05, 0.1) is 5.69 Å². The van der Waals surface area contributed by atoms with Crippen molar-refractivity contribution in [2.45, 2.75) is 57.3 Å². The summed E-state index contributed by atoms with van der Waals surface area (Å²) in [6.07, 6.45) is 8.74. The maximum absolute atomic E-state index is 12.5. The standard InChI is InChI=1S/C21H27N3O2S/c25-19-13-18(17-9-12-27-14-17)22-21(23-19)16-7-10-24(11-8-16)20(26)6-5-15-3-1-2-4-15/h9,12-16H,1-8,10-11H2,(H,22,23,25). The highest BCUT2D eigenvalue weighted by Crippen LogP contribution is 2.30. The molecule has 2 fully saturated rings. The van der Waals surface area contributed by atoms with Crippen LogP contribution in [0.3, 0.4) is 0 Å². The van der Waals surface area contributed by atoms with Gasteiger partial charge in [0.2, 0.25) is 5.91 Å². The van der Waals surface area contributed by atoms with Gasteiger partial charge >= 0.3 is 0 Å². The maximum atomic E-state index is 12.5. The van der Waals surface area contributed by atoms with Crippen LogP contribution >= 0.6 is 11.3 Å². The van der Waals surface area contributed by atoms with E-state index in [1.807, 2.05) is 21.7 Å². The largest absolute Gasteiger partial charge is 0.343 e. The molecule has 0 aromatic carbocycles. The van der Waals surface area contributed by atoms with E-state index < -0.39 is 0 Å². The van der Waals surface area contributed by atoms with Crippen LogP contribution in [0.4, 0.5) is 0 Å². The summed E-state index contributed by atoms with van der Waals surface area (Å²) in [4.78, 5) is 34.2. The summed E-state index contributed by atoms with van der Waals surface area (Å²) in [6.45, 7) is 1.53. The van der Waals surface area contributed by atoms with Crippen LogP contribution < -0.4 is 5.56 Å². The van der Waals surface area contributed by atoms with Gasteiger partial charge in [-0.1, -0.05) is 25.7 Å². The third-order valence-corrected chi connectivity index (χ3v) is 6.74. The first-order valence-corrected chi connectivity index (χ1v) is 11.0. The highest BCUT2D eigenvalue weighted by molar-refractivity contribution is 7.08. The molecule has 3 heterocycles. The zero-order valence-electron chi connectivity index (χ0n) is 15.7. The summed E-state index contributed by atoms with van der Waals surface area (Å²) in [5.41, 5.74) is 1.63. The second-order valence-electron chi connectivity index (χ2n) is 7.87. The van der Waals surface area contributed by atoms with E-state index in [4.69, 9.17) is 4.98 Å². The zero-order chi connectivity index (χ0) is 18.6. The van der Waals surface area contributed by atoms with Crippen LogP contribution in [0.1, 0.15) is 63.1 Å². The normalized spacial score (nSPS) is 18.9. The number of aromatic nitrogens is 2. The quantitative estimate of drug-likeness (QED) is 0.840. The minimum atomic E-state index is -0.101. The molecule has 1 aliphatic carbocycles. The molecule has 27 heavy (non-hydrogen) atoms. The number of piperidine rings is 1. The number of likely N-dealkylation sites (tertiary alicyclic amines) is 1. The number of nitrogens with zero attached hydrogens (tertiary/aromatic N) is 2. The minimum Gasteiger partial charge on any atom is -0.343 e. The third kappa shape index (κ3) is 4.49. The van der Waals surface area contributed by atoms with Crippen molar-refractivity contribution in [1.29, 1.82) is 0 Å². The smallest absolute Gasteiger partial charge is 0.251 e. The SMILES string of the molecule is O=C(CCC1CCCC1)N1CCC(c2nc(-c3ccsc3)cc(=O)[nH]2)CC1. The van der Waals surface area contributed by atoms with Crippen molar-refractivity contribution in [3.05, 3.63) is 39.1 Å². The number of thiophene rings is 1. The van der Waals surface area contributed by atoms with Crippen molar-refractivity contribution >= 4 is 17.2 Å². The number of hydrogen-bond acceptors (Lipinski definition) is 4. The van der Waals surface area contributed by atoms with Gasteiger partial charge in [-0.25, -0.2) is 4.98 Å². The van der Waals surface area contributed by atoms with Crippen LogP contribution in [0.15, 0.2) is 27.7 Å². The second kappa shape index (κ2) is 8.38.